The van der Waals surface area contributed by atoms with E-state index in [2.05, 4.69) is 13.8 Å². The summed E-state index contributed by atoms with van der Waals surface area (Å²) in [5.74, 6) is 0.311. The van der Waals surface area contributed by atoms with Crippen molar-refractivity contribution in [2.45, 2.75) is 71.6 Å². The normalized spacial score (nSPS) is 12.1. The molecule has 0 fully saturated rings. The molecule has 103 valence electrons. The molecular weight excluding hydrogens is 223 g/mol. The number of carbonyl (C=O) groups excluding carboxylic acids is 1. The van der Waals surface area contributed by atoms with E-state index in [1.165, 1.54) is 32.1 Å². The summed E-state index contributed by atoms with van der Waals surface area (Å²) in [4.78, 5) is 10.4. The molecule has 0 aromatic heterocycles. The Morgan fingerprint density at radius 2 is 1.83 bits per heavy atom. The molecule has 0 N–H and O–H groups in total. The van der Waals surface area contributed by atoms with Gasteiger partial charge in [-0.05, 0) is 0 Å². The van der Waals surface area contributed by atoms with Crippen LogP contribution in [0.1, 0.15) is 71.6 Å². The van der Waals surface area contributed by atoms with Crippen molar-refractivity contribution in [3.05, 3.63) is 0 Å². The van der Waals surface area contributed by atoms with Crippen LogP contribution in [-0.4, -0.2) is 26.0 Å². The average molecular weight is 251 g/mol. The summed E-state index contributed by atoms with van der Waals surface area (Å²) >= 11 is 0. The molecule has 0 bridgehead atoms. The Morgan fingerprint density at radius 1 is 1.17 bits per heavy atom. The summed E-state index contributed by atoms with van der Waals surface area (Å²) < 4.78 is 5.51. The topological polar surface area (TPSA) is 26.3 Å². The maximum absolute atomic E-state index is 10.4. The van der Waals surface area contributed by atoms with E-state index in [1.807, 2.05) is 0 Å². The fraction of sp³-hybridized carbons (Fsp3) is 0.867. The Bertz CT molecular complexity index is 217. The summed E-state index contributed by atoms with van der Waals surface area (Å²) in [5.41, 5.74) is 0.634. The van der Waals surface area contributed by atoms with Crippen LogP contribution < -0.4 is 0 Å². The van der Waals surface area contributed by atoms with Crippen molar-refractivity contribution in [1.29, 1.82) is 0 Å². The van der Waals surface area contributed by atoms with Gasteiger partial charge in [0.15, 0.2) is 0 Å². The molecule has 0 aliphatic rings. The minimum atomic E-state index is 0.311. The fourth-order valence-corrected chi connectivity index (χ4v) is 1.87. The summed E-state index contributed by atoms with van der Waals surface area (Å²) in [6.07, 6.45) is 10.9. The van der Waals surface area contributed by atoms with Crippen LogP contribution in [0.25, 0.3) is 0 Å². The quantitative estimate of drug-likeness (QED) is 0.283. The molecule has 0 saturated carbocycles. The van der Waals surface area contributed by atoms with Crippen molar-refractivity contribution in [2.24, 2.45) is 5.92 Å². The zero-order valence-electron chi connectivity index (χ0n) is 12.1. The first-order chi connectivity index (χ1) is 8.74. The van der Waals surface area contributed by atoms with Gasteiger partial charge >= 0.3 is 113 Å². The number of aldehydes is 1. The fourth-order valence-electron chi connectivity index (χ4n) is 1.87. The van der Waals surface area contributed by atoms with Gasteiger partial charge in [-0.25, -0.2) is 0 Å². The van der Waals surface area contributed by atoms with Crippen LogP contribution >= 0.6 is 0 Å². The summed E-state index contributed by atoms with van der Waals surface area (Å²) in [7, 11) is 5.82. The van der Waals surface area contributed by atoms with Crippen LogP contribution in [0.3, 0.4) is 0 Å². The van der Waals surface area contributed by atoms with Crippen LogP contribution in [0.4, 0.5) is 0 Å². The maximum atomic E-state index is 10.4. The minimum absolute atomic E-state index is 0.311. The molecule has 0 spiro atoms. The van der Waals surface area contributed by atoms with E-state index in [-0.39, 0.29) is 0 Å². The Kier molecular flexibility index (Phi) is 12.4. The number of rotatable bonds is 13. The van der Waals surface area contributed by atoms with E-state index < -0.39 is 0 Å². The van der Waals surface area contributed by atoms with E-state index >= 15 is 0 Å². The zero-order chi connectivity index (χ0) is 13.6. The van der Waals surface area contributed by atoms with E-state index in [1.54, 1.807) is 0 Å². The number of hydrogen-bond acceptors (Lipinski definition) is 2. The molecule has 0 saturated heterocycles. The van der Waals surface area contributed by atoms with Crippen LogP contribution in [-0.2, 0) is 9.53 Å². The molecule has 0 amide bonds. The average Bonchev–Trinajstić information content (AvgIpc) is 2.38. The van der Waals surface area contributed by atoms with Gasteiger partial charge in [0.1, 0.15) is 0 Å². The summed E-state index contributed by atoms with van der Waals surface area (Å²) in [5, 5.41) is 0. The molecule has 0 aliphatic carbocycles. The molecule has 1 atom stereocenters. The first-order valence-corrected chi connectivity index (χ1v) is 7.42. The van der Waals surface area contributed by atoms with Crippen LogP contribution in [0, 0.1) is 5.92 Å². The number of carbonyl (C=O) groups is 1. The van der Waals surface area contributed by atoms with E-state index in [0.717, 1.165) is 25.5 Å². The standard InChI is InChI=1S/C15H28BO2/c1-3-5-6-7-8-9-10-15(16)18-13-14(4-2)11-12-17/h12,14H,3-11,13H2,1-2H3. The molecule has 1 unspecified atom stereocenters. The molecule has 1 radical (unpaired) electrons. The van der Waals surface area contributed by atoms with Gasteiger partial charge in [0.05, 0.1) is 0 Å². The second-order valence-electron chi connectivity index (χ2n) is 4.97. The Morgan fingerprint density at radius 3 is 2.44 bits per heavy atom. The van der Waals surface area contributed by atoms with Gasteiger partial charge in [-0.2, -0.15) is 0 Å². The predicted octanol–water partition coefficient (Wildman–Crippen LogP) is 3.67. The molecule has 0 rings (SSSR count). The van der Waals surface area contributed by atoms with Gasteiger partial charge in [0.2, 0.25) is 0 Å². The van der Waals surface area contributed by atoms with Gasteiger partial charge in [-0.15, -0.1) is 0 Å². The van der Waals surface area contributed by atoms with Gasteiger partial charge in [-0.3, -0.25) is 0 Å². The van der Waals surface area contributed by atoms with Crippen molar-refractivity contribution in [2.75, 3.05) is 6.61 Å². The van der Waals surface area contributed by atoms with Crippen molar-refractivity contribution >= 4 is 19.4 Å². The van der Waals surface area contributed by atoms with Gasteiger partial charge in [0.25, 0.3) is 0 Å². The molecular formula is C15H28BO2. The van der Waals surface area contributed by atoms with Crippen LogP contribution in [0.15, 0.2) is 0 Å². The third kappa shape index (κ3) is 10.6. The van der Waals surface area contributed by atoms with Gasteiger partial charge < -0.3 is 0 Å². The Balaban J connectivity index is 3.44. The molecule has 18 heavy (non-hydrogen) atoms. The summed E-state index contributed by atoms with van der Waals surface area (Å²) in [6.45, 7) is 4.88. The Labute approximate surface area is 114 Å². The summed E-state index contributed by atoms with van der Waals surface area (Å²) in [6, 6.07) is 0. The monoisotopic (exact) mass is 251 g/mol. The molecule has 0 heterocycles. The first-order valence-electron chi connectivity index (χ1n) is 7.42. The molecule has 0 aromatic carbocycles. The van der Waals surface area contributed by atoms with Crippen LogP contribution in [0.5, 0.6) is 0 Å². The molecule has 0 aliphatic heterocycles. The van der Waals surface area contributed by atoms with Crippen LogP contribution in [0.2, 0.25) is 0 Å². The van der Waals surface area contributed by atoms with Crippen molar-refractivity contribution in [3.63, 3.8) is 0 Å². The Hall–Kier alpha value is -0.595. The molecule has 0 aromatic rings. The zero-order valence-corrected chi connectivity index (χ0v) is 12.1. The SMILES string of the molecule is [B]=C(CCCCCCCC)OCC(CC)CC=O. The third-order valence-electron chi connectivity index (χ3n) is 3.29. The molecule has 2 nitrogen and oxygen atoms in total. The van der Waals surface area contributed by atoms with Crippen molar-refractivity contribution in [3.8, 4) is 0 Å². The van der Waals surface area contributed by atoms with E-state index in [4.69, 9.17) is 12.2 Å². The van der Waals surface area contributed by atoms with E-state index in [9.17, 15) is 4.79 Å². The van der Waals surface area contributed by atoms with Crippen molar-refractivity contribution < 1.29 is 9.53 Å². The second-order valence-corrected chi connectivity index (χ2v) is 4.97. The number of hydrogen-bond donors (Lipinski definition) is 0. The van der Waals surface area contributed by atoms with Gasteiger partial charge in [0, 0.05) is 0 Å². The van der Waals surface area contributed by atoms with Gasteiger partial charge in [-0.1, -0.05) is 0 Å². The van der Waals surface area contributed by atoms with E-state index in [0.29, 0.717) is 24.6 Å². The second kappa shape index (κ2) is 12.9. The number of ether oxygens (including phenoxy) is 1. The number of unbranched alkanes of at least 4 members (excludes halogenated alkanes) is 5. The third-order valence-corrected chi connectivity index (χ3v) is 3.29. The predicted molar refractivity (Wildman–Crippen MR) is 79.2 cm³/mol. The van der Waals surface area contributed by atoms with Crippen molar-refractivity contribution in [1.82, 2.24) is 0 Å². The first kappa shape index (κ1) is 17.4. The molecule has 3 heteroatoms.